The number of hydrogen-bond acceptors (Lipinski definition) is 6. The van der Waals surface area contributed by atoms with Crippen LogP contribution < -0.4 is 19.4 Å². The largest absolute Gasteiger partial charge is 0.370 e. The van der Waals surface area contributed by atoms with Gasteiger partial charge in [-0.2, -0.15) is 0 Å². The number of piperazine rings is 1. The molecule has 0 radical (unpaired) electrons. The third-order valence-electron chi connectivity index (χ3n) is 9.06. The SMILES string of the molecule is CN1CCN(c2cc(N3CCC(c4ccccc4)CC3)c(S(=O)(=O)N(C)c3ccccc3)cc2C(=O)Nc2ccccc2)CC1. The number of nitrogens with zero attached hydrogens (tertiary/aromatic N) is 4. The number of amides is 1. The fourth-order valence-corrected chi connectivity index (χ4v) is 7.74. The van der Waals surface area contributed by atoms with Crippen LogP contribution in [0.15, 0.2) is 108 Å². The summed E-state index contributed by atoms with van der Waals surface area (Å²) in [6.45, 7) is 4.63. The van der Waals surface area contributed by atoms with Crippen LogP contribution in [0.3, 0.4) is 0 Å². The summed E-state index contributed by atoms with van der Waals surface area (Å²) in [5.41, 5.74) is 4.30. The standard InChI is InChI=1S/C36H41N5O3S/c1-38-22-24-41(25-23-38)33-27-34(40-20-18-29(19-21-40)28-12-6-3-7-13-28)35(45(43,44)39(2)31-16-10-5-11-17-31)26-32(33)36(42)37-30-14-8-4-9-15-30/h3-17,26-27,29H,18-25H2,1-2H3,(H,37,42). The van der Waals surface area contributed by atoms with Crippen molar-refractivity contribution in [1.82, 2.24) is 4.90 Å². The van der Waals surface area contributed by atoms with E-state index in [4.69, 9.17) is 0 Å². The predicted octanol–water partition coefficient (Wildman–Crippen LogP) is 5.90. The molecule has 1 amide bonds. The van der Waals surface area contributed by atoms with Crippen molar-refractivity contribution in [1.29, 1.82) is 0 Å². The van der Waals surface area contributed by atoms with Crippen LogP contribution in [-0.4, -0.2) is 72.6 Å². The number of hydrogen-bond donors (Lipinski definition) is 1. The third kappa shape index (κ3) is 6.70. The molecule has 0 saturated carbocycles. The molecule has 0 unspecified atom stereocenters. The minimum Gasteiger partial charge on any atom is -0.370 e. The van der Waals surface area contributed by atoms with E-state index in [0.717, 1.165) is 57.8 Å². The highest BCUT2D eigenvalue weighted by molar-refractivity contribution is 7.93. The van der Waals surface area contributed by atoms with Crippen molar-refractivity contribution in [3.63, 3.8) is 0 Å². The Morgan fingerprint density at radius 1 is 0.733 bits per heavy atom. The highest BCUT2D eigenvalue weighted by Crippen LogP contribution is 2.39. The molecule has 1 N–H and O–H groups in total. The van der Waals surface area contributed by atoms with Gasteiger partial charge in [0.1, 0.15) is 4.90 Å². The number of anilines is 4. The Balaban J connectivity index is 1.45. The molecule has 6 rings (SSSR count). The molecule has 2 aliphatic heterocycles. The van der Waals surface area contributed by atoms with Gasteiger partial charge in [0.15, 0.2) is 0 Å². The van der Waals surface area contributed by atoms with E-state index in [1.807, 2.05) is 60.7 Å². The van der Waals surface area contributed by atoms with E-state index >= 15 is 0 Å². The van der Waals surface area contributed by atoms with Gasteiger partial charge in [-0.1, -0.05) is 66.7 Å². The van der Waals surface area contributed by atoms with Crippen LogP contribution >= 0.6 is 0 Å². The minimum absolute atomic E-state index is 0.142. The zero-order valence-corrected chi connectivity index (χ0v) is 26.8. The van der Waals surface area contributed by atoms with Gasteiger partial charge in [0.05, 0.1) is 22.6 Å². The van der Waals surface area contributed by atoms with Crippen LogP contribution in [0.1, 0.15) is 34.7 Å². The van der Waals surface area contributed by atoms with E-state index in [9.17, 15) is 13.2 Å². The number of benzene rings is 4. The lowest BCUT2D eigenvalue weighted by Crippen LogP contribution is -2.45. The number of nitrogens with one attached hydrogen (secondary N) is 1. The molecular formula is C36H41N5O3S. The summed E-state index contributed by atoms with van der Waals surface area (Å²) in [7, 11) is -0.365. The average molecular weight is 624 g/mol. The number of para-hydroxylation sites is 2. The lowest BCUT2D eigenvalue weighted by molar-refractivity contribution is 0.102. The maximum Gasteiger partial charge on any atom is 0.266 e. The lowest BCUT2D eigenvalue weighted by atomic mass is 9.89. The highest BCUT2D eigenvalue weighted by Gasteiger charge is 2.33. The van der Waals surface area contributed by atoms with Crippen molar-refractivity contribution in [3.05, 3.63) is 114 Å². The van der Waals surface area contributed by atoms with Crippen LogP contribution in [0.5, 0.6) is 0 Å². The Morgan fingerprint density at radius 3 is 1.91 bits per heavy atom. The van der Waals surface area contributed by atoms with Gasteiger partial charge in [0.2, 0.25) is 0 Å². The van der Waals surface area contributed by atoms with Crippen molar-refractivity contribution in [3.8, 4) is 0 Å². The van der Waals surface area contributed by atoms with Crippen LogP contribution in [0, 0.1) is 0 Å². The number of piperidine rings is 1. The number of carbonyl (C=O) groups excluding carboxylic acids is 1. The first-order valence-corrected chi connectivity index (χ1v) is 17.1. The molecule has 4 aromatic carbocycles. The Kier molecular flexibility index (Phi) is 9.09. The molecule has 45 heavy (non-hydrogen) atoms. The molecular weight excluding hydrogens is 582 g/mol. The molecule has 0 aliphatic carbocycles. The second kappa shape index (κ2) is 13.3. The van der Waals surface area contributed by atoms with E-state index < -0.39 is 10.0 Å². The first-order chi connectivity index (χ1) is 21.8. The smallest absolute Gasteiger partial charge is 0.266 e. The van der Waals surface area contributed by atoms with Crippen LogP contribution in [0.2, 0.25) is 0 Å². The van der Waals surface area contributed by atoms with E-state index in [1.54, 1.807) is 25.2 Å². The zero-order valence-electron chi connectivity index (χ0n) is 26.0. The molecule has 4 aromatic rings. The fourth-order valence-electron chi connectivity index (χ4n) is 6.33. The summed E-state index contributed by atoms with van der Waals surface area (Å²) >= 11 is 0. The van der Waals surface area contributed by atoms with Gasteiger partial charge >= 0.3 is 0 Å². The summed E-state index contributed by atoms with van der Waals surface area (Å²) < 4.78 is 30.3. The van der Waals surface area contributed by atoms with Gasteiger partial charge < -0.3 is 20.0 Å². The quantitative estimate of drug-likeness (QED) is 0.264. The van der Waals surface area contributed by atoms with Gasteiger partial charge in [0.25, 0.3) is 15.9 Å². The summed E-state index contributed by atoms with van der Waals surface area (Å²) in [4.78, 5) is 20.8. The first-order valence-electron chi connectivity index (χ1n) is 15.6. The first kappa shape index (κ1) is 30.7. The molecule has 0 atom stereocenters. The zero-order chi connectivity index (χ0) is 31.4. The Labute approximate surface area is 266 Å². The van der Waals surface area contributed by atoms with Gasteiger partial charge in [-0.15, -0.1) is 0 Å². The van der Waals surface area contributed by atoms with Crippen LogP contribution in [-0.2, 0) is 10.0 Å². The molecule has 234 valence electrons. The van der Waals surface area contributed by atoms with Crippen molar-refractivity contribution in [2.45, 2.75) is 23.7 Å². The molecule has 2 aliphatic rings. The second-order valence-corrected chi connectivity index (χ2v) is 13.9. The van der Waals surface area contributed by atoms with E-state index in [2.05, 4.69) is 51.3 Å². The number of rotatable bonds is 8. The van der Waals surface area contributed by atoms with Crippen LogP contribution in [0.4, 0.5) is 22.7 Å². The highest BCUT2D eigenvalue weighted by atomic mass is 32.2. The maximum atomic E-state index is 14.5. The van der Waals surface area contributed by atoms with Gasteiger partial charge in [-0.3, -0.25) is 9.10 Å². The molecule has 2 fully saturated rings. The summed E-state index contributed by atoms with van der Waals surface area (Å²) in [6.07, 6.45) is 1.83. The van der Waals surface area contributed by atoms with Crippen molar-refractivity contribution >= 4 is 38.7 Å². The van der Waals surface area contributed by atoms with E-state index in [0.29, 0.717) is 28.5 Å². The normalized spacial score (nSPS) is 16.4. The Morgan fingerprint density at radius 2 is 1.29 bits per heavy atom. The van der Waals surface area contributed by atoms with Gasteiger partial charge in [-0.05, 0) is 67.8 Å². The van der Waals surface area contributed by atoms with E-state index in [1.165, 1.54) is 9.87 Å². The predicted molar refractivity (Wildman–Crippen MR) is 183 cm³/mol. The lowest BCUT2D eigenvalue weighted by Gasteiger charge is -2.38. The topological polar surface area (TPSA) is 76.2 Å². The second-order valence-electron chi connectivity index (χ2n) is 11.9. The molecule has 9 heteroatoms. The fraction of sp³-hybridized carbons (Fsp3) is 0.306. The third-order valence-corrected chi connectivity index (χ3v) is 10.9. The number of carbonyl (C=O) groups is 1. The Hall–Kier alpha value is -4.34. The van der Waals surface area contributed by atoms with Crippen LogP contribution in [0.25, 0.3) is 0 Å². The Bertz CT molecular complexity index is 1700. The molecule has 0 aromatic heterocycles. The maximum absolute atomic E-state index is 14.5. The summed E-state index contributed by atoms with van der Waals surface area (Å²) in [6, 6.07) is 32.5. The van der Waals surface area contributed by atoms with Gasteiger partial charge in [-0.25, -0.2) is 8.42 Å². The van der Waals surface area contributed by atoms with Crippen molar-refractivity contribution in [2.75, 3.05) is 72.8 Å². The summed E-state index contributed by atoms with van der Waals surface area (Å²) in [5, 5.41) is 3.01. The molecule has 8 nitrogen and oxygen atoms in total. The molecule has 0 bridgehead atoms. The molecule has 2 saturated heterocycles. The molecule has 0 spiro atoms. The van der Waals surface area contributed by atoms with Crippen molar-refractivity contribution in [2.24, 2.45) is 0 Å². The number of likely N-dealkylation sites (N-methyl/N-ethyl adjacent to an activating group) is 1. The van der Waals surface area contributed by atoms with E-state index in [-0.39, 0.29) is 10.8 Å². The summed E-state index contributed by atoms with van der Waals surface area (Å²) in [5.74, 6) is 0.0887. The minimum atomic E-state index is -4.04. The van der Waals surface area contributed by atoms with Gasteiger partial charge in [0, 0.05) is 52.0 Å². The average Bonchev–Trinajstić information content (AvgIpc) is 3.09. The molecule has 2 heterocycles. The van der Waals surface area contributed by atoms with Crippen molar-refractivity contribution < 1.29 is 13.2 Å². The number of sulfonamides is 1. The monoisotopic (exact) mass is 623 g/mol.